The molecule has 2 aliphatic heterocycles. The molecule has 7 nitrogen and oxygen atoms in total. The summed E-state index contributed by atoms with van der Waals surface area (Å²) >= 11 is 0. The summed E-state index contributed by atoms with van der Waals surface area (Å²) in [5.41, 5.74) is -0.0563. The van der Waals surface area contributed by atoms with Gasteiger partial charge in [-0.1, -0.05) is 0 Å². The van der Waals surface area contributed by atoms with Crippen molar-refractivity contribution in [2.75, 3.05) is 31.6 Å². The zero-order chi connectivity index (χ0) is 13.9. The van der Waals surface area contributed by atoms with Gasteiger partial charge in [-0.15, -0.1) is 0 Å². The van der Waals surface area contributed by atoms with Crippen LogP contribution in [0.15, 0.2) is 12.4 Å². The van der Waals surface area contributed by atoms with E-state index in [4.69, 9.17) is 9.84 Å². The third kappa shape index (κ3) is 2.88. The molecule has 1 aromatic rings. The Labute approximate surface area is 117 Å². The minimum absolute atomic E-state index is 0.0563. The molecular weight excluding hydrogens is 260 g/mol. The Morgan fingerprint density at radius 2 is 2.45 bits per heavy atom. The molecule has 0 bridgehead atoms. The summed E-state index contributed by atoms with van der Waals surface area (Å²) in [5.74, 6) is -0.605. The van der Waals surface area contributed by atoms with Crippen molar-refractivity contribution in [3.63, 3.8) is 0 Å². The first-order chi connectivity index (χ1) is 9.72. The van der Waals surface area contributed by atoms with Crippen LogP contribution in [0.3, 0.4) is 0 Å². The fraction of sp³-hybridized carbons (Fsp3) is 0.615. The third-order valence-corrected chi connectivity index (χ3v) is 3.83. The maximum Gasteiger partial charge on any atom is 0.356 e. The lowest BCUT2D eigenvalue weighted by Gasteiger charge is -2.35. The van der Waals surface area contributed by atoms with Gasteiger partial charge in [-0.3, -0.25) is 9.88 Å². The van der Waals surface area contributed by atoms with Gasteiger partial charge in [-0.05, 0) is 19.4 Å². The highest BCUT2D eigenvalue weighted by atomic mass is 16.5. The molecule has 0 aromatic carbocycles. The topological polar surface area (TPSA) is 87.6 Å². The number of carboxylic acids is 1. The van der Waals surface area contributed by atoms with Crippen LogP contribution in [0.25, 0.3) is 0 Å². The fourth-order valence-electron chi connectivity index (χ4n) is 2.78. The molecule has 2 atom stereocenters. The molecule has 0 saturated carbocycles. The van der Waals surface area contributed by atoms with Gasteiger partial charge in [-0.25, -0.2) is 9.78 Å². The number of aromatic nitrogens is 2. The van der Waals surface area contributed by atoms with Gasteiger partial charge in [0.15, 0.2) is 5.69 Å². The first-order valence-electron chi connectivity index (χ1n) is 6.87. The van der Waals surface area contributed by atoms with Crippen molar-refractivity contribution in [2.45, 2.75) is 25.0 Å². The molecular formula is C13H18N4O3. The highest BCUT2D eigenvalue weighted by Gasteiger charge is 2.31. The predicted molar refractivity (Wildman–Crippen MR) is 71.8 cm³/mol. The third-order valence-electron chi connectivity index (χ3n) is 3.83. The summed E-state index contributed by atoms with van der Waals surface area (Å²) in [5, 5.41) is 12.0. The predicted octanol–water partition coefficient (Wildman–Crippen LogP) is 0.450. The molecule has 2 N–H and O–H groups in total. The van der Waals surface area contributed by atoms with Gasteiger partial charge in [-0.2, -0.15) is 0 Å². The highest BCUT2D eigenvalue weighted by molar-refractivity contribution is 5.85. The second-order valence-electron chi connectivity index (χ2n) is 5.22. The maximum absolute atomic E-state index is 10.8. The van der Waals surface area contributed by atoms with Crippen molar-refractivity contribution in [1.29, 1.82) is 0 Å². The number of carbonyl (C=O) groups is 1. The normalized spacial score (nSPS) is 26.2. The molecule has 2 saturated heterocycles. The number of nitrogens with one attached hydrogen (secondary N) is 1. The Balaban J connectivity index is 1.54. The molecule has 2 aliphatic rings. The highest BCUT2D eigenvalue weighted by Crippen LogP contribution is 2.22. The molecule has 0 radical (unpaired) electrons. The molecule has 0 spiro atoms. The van der Waals surface area contributed by atoms with Crippen molar-refractivity contribution in [3.05, 3.63) is 18.1 Å². The number of aromatic carboxylic acids is 1. The number of ether oxygens (including phenoxy) is 1. The van der Waals surface area contributed by atoms with Crippen LogP contribution in [-0.4, -0.2) is 64.3 Å². The minimum atomic E-state index is -1.07. The van der Waals surface area contributed by atoms with E-state index in [1.807, 2.05) is 0 Å². The van der Waals surface area contributed by atoms with Gasteiger partial charge in [0, 0.05) is 19.1 Å². The number of fused-ring (bicyclic) bond motifs is 1. The zero-order valence-corrected chi connectivity index (χ0v) is 11.2. The second kappa shape index (κ2) is 5.72. The molecule has 2 fully saturated rings. The largest absolute Gasteiger partial charge is 0.476 e. The maximum atomic E-state index is 10.8. The summed E-state index contributed by atoms with van der Waals surface area (Å²) < 4.78 is 5.82. The van der Waals surface area contributed by atoms with E-state index in [1.54, 1.807) is 0 Å². The summed E-state index contributed by atoms with van der Waals surface area (Å²) in [6.45, 7) is 3.47. The lowest BCUT2D eigenvalue weighted by Crippen LogP contribution is -2.48. The molecule has 20 heavy (non-hydrogen) atoms. The molecule has 3 rings (SSSR count). The van der Waals surface area contributed by atoms with Crippen LogP contribution in [0.2, 0.25) is 0 Å². The van der Waals surface area contributed by atoms with Crippen LogP contribution in [-0.2, 0) is 4.74 Å². The van der Waals surface area contributed by atoms with E-state index in [2.05, 4.69) is 20.2 Å². The van der Waals surface area contributed by atoms with E-state index in [9.17, 15) is 4.79 Å². The number of morpholine rings is 1. The van der Waals surface area contributed by atoms with Crippen molar-refractivity contribution < 1.29 is 14.6 Å². The molecule has 1 aromatic heterocycles. The number of nitrogens with zero attached hydrogens (tertiary/aromatic N) is 3. The standard InChI is InChI=1S/C13H18N4O3/c18-13(19)11-5-14-6-12(16-11)15-4-10-7-17-3-1-2-9(17)8-20-10/h5-6,9-10H,1-4,7-8H2,(H,15,16)(H,18,19). The van der Waals surface area contributed by atoms with Gasteiger partial charge < -0.3 is 15.2 Å². The second-order valence-corrected chi connectivity index (χ2v) is 5.22. The number of hydrogen-bond donors (Lipinski definition) is 2. The Bertz CT molecular complexity index is 496. The van der Waals surface area contributed by atoms with Crippen LogP contribution in [0, 0.1) is 0 Å². The van der Waals surface area contributed by atoms with Crippen molar-refractivity contribution >= 4 is 11.8 Å². The van der Waals surface area contributed by atoms with Crippen LogP contribution in [0.1, 0.15) is 23.3 Å². The molecule has 2 unspecified atom stereocenters. The number of hydrogen-bond acceptors (Lipinski definition) is 6. The van der Waals surface area contributed by atoms with Gasteiger partial charge in [0.1, 0.15) is 5.82 Å². The number of anilines is 1. The van der Waals surface area contributed by atoms with E-state index in [-0.39, 0.29) is 11.8 Å². The van der Waals surface area contributed by atoms with Gasteiger partial charge >= 0.3 is 5.97 Å². The fourth-order valence-corrected chi connectivity index (χ4v) is 2.78. The van der Waals surface area contributed by atoms with Crippen LogP contribution in [0.4, 0.5) is 5.82 Å². The zero-order valence-electron chi connectivity index (χ0n) is 11.2. The molecule has 108 valence electrons. The number of rotatable bonds is 4. The van der Waals surface area contributed by atoms with E-state index in [0.29, 0.717) is 18.4 Å². The lowest BCUT2D eigenvalue weighted by molar-refractivity contribution is -0.0416. The average Bonchev–Trinajstić information content (AvgIpc) is 2.93. The monoisotopic (exact) mass is 278 g/mol. The van der Waals surface area contributed by atoms with E-state index >= 15 is 0 Å². The Morgan fingerprint density at radius 3 is 3.30 bits per heavy atom. The Morgan fingerprint density at radius 1 is 1.55 bits per heavy atom. The summed E-state index contributed by atoms with van der Waals surface area (Å²) in [6, 6.07) is 0.585. The van der Waals surface area contributed by atoms with Crippen LogP contribution >= 0.6 is 0 Å². The molecule has 0 amide bonds. The van der Waals surface area contributed by atoms with Crippen molar-refractivity contribution in [1.82, 2.24) is 14.9 Å². The van der Waals surface area contributed by atoms with E-state index in [0.717, 1.165) is 19.7 Å². The Hall–Kier alpha value is -1.73. The Kier molecular flexibility index (Phi) is 3.79. The molecule has 0 aliphatic carbocycles. The first-order valence-corrected chi connectivity index (χ1v) is 6.87. The van der Waals surface area contributed by atoms with Gasteiger partial charge in [0.05, 0.1) is 25.1 Å². The minimum Gasteiger partial charge on any atom is -0.476 e. The van der Waals surface area contributed by atoms with Crippen molar-refractivity contribution in [3.8, 4) is 0 Å². The quantitative estimate of drug-likeness (QED) is 0.826. The van der Waals surface area contributed by atoms with Crippen molar-refractivity contribution in [2.24, 2.45) is 0 Å². The summed E-state index contributed by atoms with van der Waals surface area (Å²) in [4.78, 5) is 21.1. The molecule has 7 heteroatoms. The summed E-state index contributed by atoms with van der Waals surface area (Å²) in [7, 11) is 0. The first kappa shape index (κ1) is 13.3. The van der Waals surface area contributed by atoms with Gasteiger partial charge in [0.2, 0.25) is 0 Å². The SMILES string of the molecule is O=C(O)c1cncc(NCC2CN3CCCC3CO2)n1. The van der Waals surface area contributed by atoms with E-state index < -0.39 is 5.97 Å². The summed E-state index contributed by atoms with van der Waals surface area (Å²) in [6.07, 6.45) is 5.35. The lowest BCUT2D eigenvalue weighted by atomic mass is 10.2. The van der Waals surface area contributed by atoms with E-state index in [1.165, 1.54) is 25.2 Å². The van der Waals surface area contributed by atoms with Crippen LogP contribution in [0.5, 0.6) is 0 Å². The average molecular weight is 278 g/mol. The van der Waals surface area contributed by atoms with Gasteiger partial charge in [0.25, 0.3) is 0 Å². The number of carboxylic acid groups (broad SMARTS) is 1. The molecule has 3 heterocycles. The smallest absolute Gasteiger partial charge is 0.356 e. The van der Waals surface area contributed by atoms with Crippen LogP contribution < -0.4 is 5.32 Å².